The lowest BCUT2D eigenvalue weighted by Gasteiger charge is -2.34. The van der Waals surface area contributed by atoms with E-state index in [0.717, 1.165) is 67.6 Å². The average Bonchev–Trinajstić information content (AvgIpc) is 1.56. The molecule has 2 heterocycles. The van der Waals surface area contributed by atoms with Gasteiger partial charge in [-0.2, -0.15) is 0 Å². The Bertz CT molecular complexity index is 4940. The summed E-state index contributed by atoms with van der Waals surface area (Å²) >= 11 is 0. The summed E-state index contributed by atoms with van der Waals surface area (Å²) < 4.78 is 4.99. The SMILES string of the molecule is c1ccc(-c2ccc(N(c3ccccc3)c3ccc4c5ccccc5n(-c5ccc6c(c5)C(c5ccccc5)(c5ccccc5)c5cc(-n7c8ccccc8c8ccc(N(c9ccccc9)c9ccc(-c%10ccccc%10)cc9)cc87)ccc5-6)c4c3)cc2)cc1. The van der Waals surface area contributed by atoms with Crippen molar-refractivity contribution in [2.24, 2.45) is 0 Å². The Labute approximate surface area is 518 Å². The fourth-order valence-electron chi connectivity index (χ4n) is 14.4. The number of nitrogens with zero attached hydrogens (tertiary/aromatic N) is 4. The molecule has 0 spiro atoms. The Morgan fingerprint density at radius 1 is 0.213 bits per heavy atom. The number of aromatic nitrogens is 2. The second-order valence-electron chi connectivity index (χ2n) is 23.2. The minimum atomic E-state index is -0.709. The van der Waals surface area contributed by atoms with Crippen molar-refractivity contribution in [2.75, 3.05) is 9.80 Å². The van der Waals surface area contributed by atoms with E-state index in [-0.39, 0.29) is 0 Å². The number of para-hydroxylation sites is 4. The fourth-order valence-corrected chi connectivity index (χ4v) is 14.4. The van der Waals surface area contributed by atoms with Gasteiger partial charge in [0.2, 0.25) is 0 Å². The fraction of sp³-hybridized carbons (Fsp3) is 0.0118. The van der Waals surface area contributed by atoms with Gasteiger partial charge in [-0.25, -0.2) is 0 Å². The maximum Gasteiger partial charge on any atom is 0.0715 e. The molecule has 16 aromatic rings. The molecule has 0 atom stereocenters. The summed E-state index contributed by atoms with van der Waals surface area (Å²) in [5.74, 6) is 0. The zero-order chi connectivity index (χ0) is 58.8. The highest BCUT2D eigenvalue weighted by atomic mass is 15.2. The van der Waals surface area contributed by atoms with E-state index in [0.29, 0.717) is 0 Å². The Morgan fingerprint density at radius 2 is 0.517 bits per heavy atom. The number of benzene rings is 14. The van der Waals surface area contributed by atoms with Crippen molar-refractivity contribution in [3.63, 3.8) is 0 Å². The zero-order valence-electron chi connectivity index (χ0n) is 48.8. The number of hydrogen-bond acceptors (Lipinski definition) is 2. The molecule has 4 heteroatoms. The highest BCUT2D eigenvalue weighted by Crippen LogP contribution is 2.58. The summed E-state index contributed by atoms with van der Waals surface area (Å²) in [6.07, 6.45) is 0. The molecule has 1 aliphatic rings. The molecule has 0 fully saturated rings. The van der Waals surface area contributed by atoms with Crippen LogP contribution in [0.5, 0.6) is 0 Å². The van der Waals surface area contributed by atoms with E-state index < -0.39 is 5.41 Å². The number of anilines is 6. The van der Waals surface area contributed by atoms with Gasteiger partial charge < -0.3 is 18.9 Å². The normalized spacial score (nSPS) is 12.4. The third kappa shape index (κ3) is 8.52. The van der Waals surface area contributed by atoms with E-state index in [1.165, 1.54) is 77.2 Å². The maximum atomic E-state index is 2.50. The van der Waals surface area contributed by atoms with Crippen LogP contribution in [0.3, 0.4) is 0 Å². The van der Waals surface area contributed by atoms with Crippen molar-refractivity contribution in [3.05, 3.63) is 374 Å². The Hall–Kier alpha value is -11.7. The van der Waals surface area contributed by atoms with Crippen molar-refractivity contribution >= 4 is 77.7 Å². The lowest BCUT2D eigenvalue weighted by Crippen LogP contribution is -2.28. The first kappa shape index (κ1) is 51.7. The second-order valence-corrected chi connectivity index (χ2v) is 23.2. The summed E-state index contributed by atoms with van der Waals surface area (Å²) in [5, 5.41) is 4.82. The van der Waals surface area contributed by atoms with Gasteiger partial charge in [0.15, 0.2) is 0 Å². The second kappa shape index (κ2) is 21.4. The van der Waals surface area contributed by atoms with Crippen molar-refractivity contribution in [3.8, 4) is 44.8 Å². The van der Waals surface area contributed by atoms with Gasteiger partial charge in [-0.3, -0.25) is 0 Å². The topological polar surface area (TPSA) is 16.3 Å². The quantitative estimate of drug-likeness (QED) is 0.121. The number of hydrogen-bond donors (Lipinski definition) is 0. The summed E-state index contributed by atoms with van der Waals surface area (Å²) in [7, 11) is 0. The molecule has 0 radical (unpaired) electrons. The third-order valence-electron chi connectivity index (χ3n) is 18.4. The van der Waals surface area contributed by atoms with Crippen LogP contribution in [0.4, 0.5) is 34.1 Å². The molecule has 0 N–H and O–H groups in total. The van der Waals surface area contributed by atoms with Gasteiger partial charge in [-0.1, -0.05) is 243 Å². The van der Waals surface area contributed by atoms with Gasteiger partial charge in [0, 0.05) is 67.0 Å². The molecular formula is C85H58N4. The Morgan fingerprint density at radius 3 is 0.910 bits per heavy atom. The Balaban J connectivity index is 0.852. The molecule has 0 unspecified atom stereocenters. The first-order chi connectivity index (χ1) is 44.2. The van der Waals surface area contributed by atoms with Gasteiger partial charge >= 0.3 is 0 Å². The monoisotopic (exact) mass is 1130 g/mol. The molecular weight excluding hydrogens is 1080 g/mol. The smallest absolute Gasteiger partial charge is 0.0715 e. The lowest BCUT2D eigenvalue weighted by atomic mass is 9.67. The standard InChI is InChI=1S/C85H58N4/c1-7-23-59(24-8-1)61-39-43-67(44-40-61)86(65-31-15-5-16-32-65)71-49-53-77-75-35-19-21-37-81(75)88(83(77)57-71)69-47-51-73-74-52-48-70(56-80(74)85(79(73)55-69,63-27-11-3-12-28-63)64-29-13-4-14-30-64)89-82-38-22-20-36-76(82)78-54-50-72(58-84(78)89)87(66-33-17-6-18-34-66)68-45-41-62(42-46-68)60-25-9-2-10-26-60/h1-58H. The molecule has 14 aromatic carbocycles. The average molecular weight is 1140 g/mol. The molecule has 0 saturated carbocycles. The van der Waals surface area contributed by atoms with Crippen LogP contribution in [0.15, 0.2) is 352 Å². The Kier molecular flexibility index (Phi) is 12.4. The highest BCUT2D eigenvalue weighted by Gasteiger charge is 2.47. The maximum absolute atomic E-state index is 2.50. The predicted octanol–water partition coefficient (Wildman–Crippen LogP) is 22.5. The molecule has 0 bridgehead atoms. The summed E-state index contributed by atoms with van der Waals surface area (Å²) in [6, 6.07) is 129. The van der Waals surface area contributed by atoms with Crippen LogP contribution in [0.1, 0.15) is 22.3 Å². The van der Waals surface area contributed by atoms with Crippen LogP contribution in [-0.2, 0) is 5.41 Å². The molecule has 418 valence electrons. The van der Waals surface area contributed by atoms with E-state index in [4.69, 9.17) is 0 Å². The van der Waals surface area contributed by atoms with Crippen LogP contribution < -0.4 is 9.80 Å². The number of rotatable bonds is 12. The molecule has 0 aliphatic heterocycles. The van der Waals surface area contributed by atoms with Crippen molar-refractivity contribution in [2.45, 2.75) is 5.41 Å². The minimum absolute atomic E-state index is 0.709. The van der Waals surface area contributed by atoms with Crippen LogP contribution in [0.25, 0.3) is 88.4 Å². The molecule has 2 aromatic heterocycles. The van der Waals surface area contributed by atoms with E-state index in [1.54, 1.807) is 0 Å². The first-order valence-corrected chi connectivity index (χ1v) is 30.6. The lowest BCUT2D eigenvalue weighted by molar-refractivity contribution is 0.766. The molecule has 1 aliphatic carbocycles. The predicted molar refractivity (Wildman–Crippen MR) is 373 cm³/mol. The largest absolute Gasteiger partial charge is 0.310 e. The highest BCUT2D eigenvalue weighted by molar-refractivity contribution is 6.12. The van der Waals surface area contributed by atoms with E-state index in [2.05, 4.69) is 371 Å². The van der Waals surface area contributed by atoms with Gasteiger partial charge in [0.25, 0.3) is 0 Å². The van der Waals surface area contributed by atoms with Crippen LogP contribution in [0, 0.1) is 0 Å². The van der Waals surface area contributed by atoms with Crippen LogP contribution in [-0.4, -0.2) is 9.13 Å². The molecule has 0 saturated heterocycles. The van der Waals surface area contributed by atoms with E-state index >= 15 is 0 Å². The minimum Gasteiger partial charge on any atom is -0.310 e. The van der Waals surface area contributed by atoms with Crippen LogP contribution in [0.2, 0.25) is 0 Å². The molecule has 4 nitrogen and oxygen atoms in total. The van der Waals surface area contributed by atoms with Gasteiger partial charge in [-0.05, 0) is 165 Å². The van der Waals surface area contributed by atoms with Gasteiger partial charge in [0.1, 0.15) is 0 Å². The van der Waals surface area contributed by atoms with Crippen molar-refractivity contribution < 1.29 is 0 Å². The van der Waals surface area contributed by atoms with Gasteiger partial charge in [0.05, 0.1) is 27.5 Å². The number of fused-ring (bicyclic) bond motifs is 9. The van der Waals surface area contributed by atoms with Gasteiger partial charge in [-0.15, -0.1) is 0 Å². The molecule has 89 heavy (non-hydrogen) atoms. The van der Waals surface area contributed by atoms with E-state index in [1.807, 2.05) is 0 Å². The summed E-state index contributed by atoms with van der Waals surface area (Å²) in [5.41, 5.74) is 24.7. The first-order valence-electron chi connectivity index (χ1n) is 30.6. The van der Waals surface area contributed by atoms with Crippen molar-refractivity contribution in [1.82, 2.24) is 9.13 Å². The zero-order valence-corrected chi connectivity index (χ0v) is 48.8. The summed E-state index contributed by atoms with van der Waals surface area (Å²) in [6.45, 7) is 0. The van der Waals surface area contributed by atoms with E-state index in [9.17, 15) is 0 Å². The van der Waals surface area contributed by atoms with Crippen LogP contribution >= 0.6 is 0 Å². The molecule has 17 rings (SSSR count). The van der Waals surface area contributed by atoms with Crippen molar-refractivity contribution in [1.29, 1.82) is 0 Å². The molecule has 0 amide bonds. The third-order valence-corrected chi connectivity index (χ3v) is 18.4. The summed E-state index contributed by atoms with van der Waals surface area (Å²) in [4.78, 5) is 4.76.